The third kappa shape index (κ3) is 3.75. The number of thiophene rings is 1. The van der Waals surface area contributed by atoms with Crippen molar-refractivity contribution in [2.45, 2.75) is 19.9 Å². The summed E-state index contributed by atoms with van der Waals surface area (Å²) in [7, 11) is 0. The van der Waals surface area contributed by atoms with Crippen LogP contribution in [0.4, 0.5) is 8.78 Å². The molecule has 0 atom stereocenters. The molecule has 0 fully saturated rings. The Morgan fingerprint density at radius 2 is 2.16 bits per heavy atom. The summed E-state index contributed by atoms with van der Waals surface area (Å²) in [6.45, 7) is 2.18. The largest absolute Gasteiger partial charge is 0.307 e. The molecule has 0 saturated heterocycles. The lowest BCUT2D eigenvalue weighted by molar-refractivity contribution is 0.145. The van der Waals surface area contributed by atoms with Crippen LogP contribution >= 0.6 is 22.9 Å². The first-order valence-electron chi connectivity index (χ1n) is 5.89. The van der Waals surface area contributed by atoms with Gasteiger partial charge in [-0.1, -0.05) is 23.7 Å². The molecule has 1 nitrogen and oxygen atoms in total. The molecule has 2 aromatic rings. The minimum absolute atomic E-state index is 0.288. The first-order chi connectivity index (χ1) is 9.08. The van der Waals surface area contributed by atoms with Crippen LogP contribution in [0.5, 0.6) is 0 Å². The van der Waals surface area contributed by atoms with E-state index in [1.54, 1.807) is 11.3 Å². The van der Waals surface area contributed by atoms with E-state index < -0.39 is 6.43 Å². The summed E-state index contributed by atoms with van der Waals surface area (Å²) in [5.41, 5.74) is 3.15. The minimum atomic E-state index is -2.32. The Labute approximate surface area is 120 Å². The molecule has 1 N–H and O–H groups in total. The zero-order chi connectivity index (χ0) is 13.8. The number of benzene rings is 1. The van der Waals surface area contributed by atoms with E-state index >= 15 is 0 Å². The molecule has 0 aliphatic heterocycles. The maximum Gasteiger partial charge on any atom is 0.250 e. The first-order valence-corrected chi connectivity index (χ1v) is 7.15. The molecule has 102 valence electrons. The van der Waals surface area contributed by atoms with E-state index in [9.17, 15) is 8.78 Å². The van der Waals surface area contributed by atoms with Gasteiger partial charge in [0.15, 0.2) is 0 Å². The van der Waals surface area contributed by atoms with Crippen molar-refractivity contribution in [3.05, 3.63) is 45.1 Å². The fraction of sp³-hybridized carbons (Fsp3) is 0.286. The van der Waals surface area contributed by atoms with Crippen molar-refractivity contribution >= 4 is 22.9 Å². The second-order valence-corrected chi connectivity index (χ2v) is 5.74. The third-order valence-electron chi connectivity index (χ3n) is 2.78. The summed E-state index contributed by atoms with van der Waals surface area (Å²) in [5.74, 6) is 0. The van der Waals surface area contributed by atoms with E-state index in [-0.39, 0.29) is 6.54 Å². The first kappa shape index (κ1) is 14.4. The molecule has 0 radical (unpaired) electrons. The standard InChI is InChI=1S/C14H14ClF2NS/c1-9-14(10-3-2-4-12(15)5-10)11(8-19-9)6-18-7-13(16)17/h2-5,8,13,18H,6-7H2,1H3. The molecule has 1 heterocycles. The van der Waals surface area contributed by atoms with Gasteiger partial charge in [-0.05, 0) is 41.1 Å². The average Bonchev–Trinajstić information content (AvgIpc) is 2.70. The summed E-state index contributed by atoms with van der Waals surface area (Å²) in [5, 5.41) is 5.44. The van der Waals surface area contributed by atoms with Gasteiger partial charge in [-0.3, -0.25) is 0 Å². The van der Waals surface area contributed by atoms with Gasteiger partial charge in [0, 0.05) is 16.4 Å². The molecule has 1 aromatic heterocycles. The summed E-state index contributed by atoms with van der Waals surface area (Å²) in [4.78, 5) is 1.16. The van der Waals surface area contributed by atoms with Crippen LogP contribution in [-0.2, 0) is 6.54 Å². The maximum atomic E-state index is 12.1. The zero-order valence-electron chi connectivity index (χ0n) is 10.4. The average molecular weight is 302 g/mol. The predicted octanol–water partition coefficient (Wildman–Crippen LogP) is 4.73. The molecule has 0 bridgehead atoms. The van der Waals surface area contributed by atoms with Crippen molar-refractivity contribution in [3.8, 4) is 11.1 Å². The fourth-order valence-corrected chi connectivity index (χ4v) is 3.06. The molecular weight excluding hydrogens is 288 g/mol. The highest BCUT2D eigenvalue weighted by Crippen LogP contribution is 2.33. The second-order valence-electron chi connectivity index (χ2n) is 4.22. The summed E-state index contributed by atoms with van der Waals surface area (Å²) < 4.78 is 24.3. The van der Waals surface area contributed by atoms with Gasteiger partial charge >= 0.3 is 0 Å². The van der Waals surface area contributed by atoms with Crippen LogP contribution in [0.1, 0.15) is 10.4 Å². The number of hydrogen-bond acceptors (Lipinski definition) is 2. The maximum absolute atomic E-state index is 12.1. The van der Waals surface area contributed by atoms with Crippen molar-refractivity contribution < 1.29 is 8.78 Å². The molecule has 0 spiro atoms. The quantitative estimate of drug-likeness (QED) is 0.841. The Morgan fingerprint density at radius 3 is 2.84 bits per heavy atom. The number of aryl methyl sites for hydroxylation is 1. The Morgan fingerprint density at radius 1 is 1.37 bits per heavy atom. The molecule has 5 heteroatoms. The Kier molecular flexibility index (Phi) is 4.91. The number of nitrogens with one attached hydrogen (secondary N) is 1. The van der Waals surface area contributed by atoms with Gasteiger partial charge in [-0.2, -0.15) is 0 Å². The summed E-state index contributed by atoms with van der Waals surface area (Å²) in [6, 6.07) is 7.59. The van der Waals surface area contributed by atoms with Gasteiger partial charge in [0.05, 0.1) is 6.54 Å². The predicted molar refractivity (Wildman–Crippen MR) is 77.2 cm³/mol. The molecule has 0 saturated carbocycles. The summed E-state index contributed by atoms with van der Waals surface area (Å²) in [6.07, 6.45) is -2.32. The number of hydrogen-bond donors (Lipinski definition) is 1. The number of halogens is 3. The van der Waals surface area contributed by atoms with Crippen molar-refractivity contribution in [3.63, 3.8) is 0 Å². The van der Waals surface area contributed by atoms with Crippen molar-refractivity contribution in [2.75, 3.05) is 6.54 Å². The lowest BCUT2D eigenvalue weighted by Gasteiger charge is -2.08. The molecule has 0 aliphatic carbocycles. The van der Waals surface area contributed by atoms with Crippen LogP contribution < -0.4 is 5.32 Å². The fourth-order valence-electron chi connectivity index (χ4n) is 1.98. The van der Waals surface area contributed by atoms with Crippen LogP contribution in [0, 0.1) is 6.92 Å². The monoisotopic (exact) mass is 301 g/mol. The Balaban J connectivity index is 2.22. The Hall–Kier alpha value is -0.970. The summed E-state index contributed by atoms with van der Waals surface area (Å²) >= 11 is 7.62. The van der Waals surface area contributed by atoms with E-state index in [1.807, 2.05) is 36.6 Å². The van der Waals surface area contributed by atoms with Crippen molar-refractivity contribution in [1.82, 2.24) is 5.32 Å². The molecular formula is C14H14ClF2NS. The van der Waals surface area contributed by atoms with Gasteiger partial charge in [0.25, 0.3) is 6.43 Å². The highest BCUT2D eigenvalue weighted by molar-refractivity contribution is 7.10. The van der Waals surface area contributed by atoms with E-state index in [4.69, 9.17) is 11.6 Å². The van der Waals surface area contributed by atoms with Crippen LogP contribution in [0.3, 0.4) is 0 Å². The normalized spacial score (nSPS) is 11.2. The Bertz CT molecular complexity index is 554. The molecule has 1 aromatic carbocycles. The van der Waals surface area contributed by atoms with E-state index in [1.165, 1.54) is 0 Å². The van der Waals surface area contributed by atoms with Crippen molar-refractivity contribution in [2.24, 2.45) is 0 Å². The lowest BCUT2D eigenvalue weighted by Crippen LogP contribution is -2.20. The smallest absolute Gasteiger partial charge is 0.250 e. The van der Waals surface area contributed by atoms with E-state index in [0.717, 1.165) is 21.6 Å². The topological polar surface area (TPSA) is 12.0 Å². The number of rotatable bonds is 5. The molecule has 0 amide bonds. The highest BCUT2D eigenvalue weighted by Gasteiger charge is 2.11. The molecule has 0 aliphatic rings. The molecule has 19 heavy (non-hydrogen) atoms. The second kappa shape index (κ2) is 6.46. The SMILES string of the molecule is Cc1scc(CNCC(F)F)c1-c1cccc(Cl)c1. The van der Waals surface area contributed by atoms with Crippen molar-refractivity contribution in [1.29, 1.82) is 0 Å². The molecule has 2 rings (SSSR count). The highest BCUT2D eigenvalue weighted by atomic mass is 35.5. The van der Waals surface area contributed by atoms with Crippen LogP contribution in [-0.4, -0.2) is 13.0 Å². The van der Waals surface area contributed by atoms with Crippen LogP contribution in [0.15, 0.2) is 29.6 Å². The minimum Gasteiger partial charge on any atom is -0.307 e. The van der Waals surface area contributed by atoms with E-state index in [2.05, 4.69) is 5.32 Å². The van der Waals surface area contributed by atoms with Crippen LogP contribution in [0.2, 0.25) is 5.02 Å². The molecule has 0 unspecified atom stereocenters. The van der Waals surface area contributed by atoms with Gasteiger partial charge in [0.1, 0.15) is 0 Å². The van der Waals surface area contributed by atoms with Gasteiger partial charge < -0.3 is 5.32 Å². The third-order valence-corrected chi connectivity index (χ3v) is 3.97. The van der Waals surface area contributed by atoms with Gasteiger partial charge in [-0.25, -0.2) is 8.78 Å². The van der Waals surface area contributed by atoms with E-state index in [0.29, 0.717) is 11.6 Å². The van der Waals surface area contributed by atoms with Gasteiger partial charge in [-0.15, -0.1) is 11.3 Å². The van der Waals surface area contributed by atoms with Gasteiger partial charge in [0.2, 0.25) is 0 Å². The number of alkyl halides is 2. The van der Waals surface area contributed by atoms with Crippen LogP contribution in [0.25, 0.3) is 11.1 Å². The zero-order valence-corrected chi connectivity index (χ0v) is 12.0. The lowest BCUT2D eigenvalue weighted by atomic mass is 10.0.